The van der Waals surface area contributed by atoms with Crippen molar-refractivity contribution in [1.82, 2.24) is 9.97 Å². The lowest BCUT2D eigenvalue weighted by atomic mass is 9.98. The van der Waals surface area contributed by atoms with Crippen LogP contribution in [0, 0.1) is 0 Å². The lowest BCUT2D eigenvalue weighted by Gasteiger charge is -2.10. The molecule has 7 aromatic carbocycles. The predicted octanol–water partition coefficient (Wildman–Crippen LogP) is 12.6. The van der Waals surface area contributed by atoms with Gasteiger partial charge in [-0.15, -0.1) is 0 Å². The summed E-state index contributed by atoms with van der Waals surface area (Å²) in [7, 11) is 0. The summed E-state index contributed by atoms with van der Waals surface area (Å²) in [6.07, 6.45) is 0. The van der Waals surface area contributed by atoms with Gasteiger partial charge in [0, 0.05) is 49.4 Å². The second-order valence-electron chi connectivity index (χ2n) is 12.6. The summed E-state index contributed by atoms with van der Waals surface area (Å²) in [4.78, 5) is 10.0. The van der Waals surface area contributed by atoms with Gasteiger partial charge < -0.3 is 8.83 Å². The van der Waals surface area contributed by atoms with E-state index in [-0.39, 0.29) is 0 Å². The first kappa shape index (κ1) is 28.3. The van der Waals surface area contributed by atoms with Gasteiger partial charge in [-0.3, -0.25) is 0 Å². The average Bonchev–Trinajstić information content (AvgIpc) is 3.77. The van der Waals surface area contributed by atoms with E-state index in [0.717, 1.165) is 94.2 Å². The van der Waals surface area contributed by atoms with E-state index in [1.54, 1.807) is 0 Å². The SMILES string of the molecule is c1ccc(-c2cc(-c3cccc(-c4ccc5c(c4)oc4c(-c6cccc7c6oc6ccccc67)cccc45)c3)nc(-c3ccccc3)n2)cc1. The zero-order valence-electron chi connectivity index (χ0n) is 26.9. The molecule has 0 fully saturated rings. The minimum absolute atomic E-state index is 0.699. The molecule has 0 spiro atoms. The number of benzene rings is 7. The number of fused-ring (bicyclic) bond motifs is 6. The number of furan rings is 2. The summed E-state index contributed by atoms with van der Waals surface area (Å²) in [5.74, 6) is 0.699. The van der Waals surface area contributed by atoms with Gasteiger partial charge >= 0.3 is 0 Å². The largest absolute Gasteiger partial charge is 0.455 e. The quantitative estimate of drug-likeness (QED) is 0.188. The number of hydrogen-bond donors (Lipinski definition) is 0. The molecule has 3 aromatic heterocycles. The third-order valence-corrected chi connectivity index (χ3v) is 9.51. The Hall–Kier alpha value is -6.78. The maximum Gasteiger partial charge on any atom is 0.160 e. The van der Waals surface area contributed by atoms with Crippen molar-refractivity contribution >= 4 is 43.9 Å². The van der Waals surface area contributed by atoms with E-state index in [1.165, 1.54) is 0 Å². The van der Waals surface area contributed by atoms with Gasteiger partial charge in [-0.05, 0) is 41.5 Å². The molecule has 50 heavy (non-hydrogen) atoms. The van der Waals surface area contributed by atoms with Crippen LogP contribution in [0.5, 0.6) is 0 Å². The van der Waals surface area contributed by atoms with Gasteiger partial charge in [-0.2, -0.15) is 0 Å². The first-order chi connectivity index (χ1) is 24.8. The van der Waals surface area contributed by atoms with Crippen LogP contribution in [0.4, 0.5) is 0 Å². The maximum atomic E-state index is 6.71. The highest BCUT2D eigenvalue weighted by Gasteiger charge is 2.18. The lowest BCUT2D eigenvalue weighted by molar-refractivity contribution is 0.665. The number of aromatic nitrogens is 2. The second kappa shape index (κ2) is 11.4. The molecular weight excluding hydrogens is 613 g/mol. The molecule has 4 nitrogen and oxygen atoms in total. The Bertz CT molecular complexity index is 2810. The van der Waals surface area contributed by atoms with E-state index in [1.807, 2.05) is 48.5 Å². The van der Waals surface area contributed by atoms with Crippen LogP contribution in [0.3, 0.4) is 0 Å². The van der Waals surface area contributed by atoms with Crippen LogP contribution < -0.4 is 0 Å². The van der Waals surface area contributed by atoms with E-state index < -0.39 is 0 Å². The molecule has 0 atom stereocenters. The Morgan fingerprint density at radius 1 is 0.320 bits per heavy atom. The first-order valence-corrected chi connectivity index (χ1v) is 16.7. The molecule has 4 heteroatoms. The average molecular weight is 641 g/mol. The molecule has 0 aliphatic heterocycles. The molecule has 0 aliphatic rings. The number of para-hydroxylation sites is 3. The van der Waals surface area contributed by atoms with Gasteiger partial charge in [-0.1, -0.05) is 140 Å². The Balaban J connectivity index is 1.08. The molecule has 0 saturated carbocycles. The van der Waals surface area contributed by atoms with Gasteiger partial charge in [0.05, 0.1) is 11.4 Å². The smallest absolute Gasteiger partial charge is 0.160 e. The van der Waals surface area contributed by atoms with Gasteiger partial charge in [0.1, 0.15) is 22.3 Å². The first-order valence-electron chi connectivity index (χ1n) is 16.7. The zero-order chi connectivity index (χ0) is 33.0. The van der Waals surface area contributed by atoms with Crippen molar-refractivity contribution in [3.63, 3.8) is 0 Å². The maximum absolute atomic E-state index is 6.71. The Kier molecular flexibility index (Phi) is 6.46. The molecule has 0 unspecified atom stereocenters. The van der Waals surface area contributed by atoms with Gasteiger partial charge in [0.25, 0.3) is 0 Å². The van der Waals surface area contributed by atoms with Crippen molar-refractivity contribution in [2.75, 3.05) is 0 Å². The molecule has 234 valence electrons. The summed E-state index contributed by atoms with van der Waals surface area (Å²) >= 11 is 0. The third kappa shape index (κ3) is 4.69. The Morgan fingerprint density at radius 3 is 1.58 bits per heavy atom. The van der Waals surface area contributed by atoms with Crippen LogP contribution in [0.2, 0.25) is 0 Å². The second-order valence-corrected chi connectivity index (χ2v) is 12.6. The summed E-state index contributed by atoms with van der Waals surface area (Å²) in [5.41, 5.74) is 12.4. The third-order valence-electron chi connectivity index (χ3n) is 9.51. The van der Waals surface area contributed by atoms with E-state index in [4.69, 9.17) is 18.8 Å². The molecule has 0 saturated heterocycles. The molecular formula is C46H28N2O2. The fourth-order valence-electron chi connectivity index (χ4n) is 7.08. The van der Waals surface area contributed by atoms with Crippen molar-refractivity contribution in [2.24, 2.45) is 0 Å². The molecule has 10 aromatic rings. The Morgan fingerprint density at radius 2 is 0.840 bits per heavy atom. The van der Waals surface area contributed by atoms with E-state index in [2.05, 4.69) is 121 Å². The molecule has 0 aliphatic carbocycles. The summed E-state index contributed by atoms with van der Waals surface area (Å²) in [6, 6.07) is 58.4. The molecule has 0 bridgehead atoms. The highest BCUT2D eigenvalue weighted by molar-refractivity contribution is 6.15. The van der Waals surface area contributed by atoms with Gasteiger partial charge in [-0.25, -0.2) is 9.97 Å². The zero-order valence-corrected chi connectivity index (χ0v) is 26.9. The predicted molar refractivity (Wildman–Crippen MR) is 204 cm³/mol. The summed E-state index contributed by atoms with van der Waals surface area (Å²) in [6.45, 7) is 0. The van der Waals surface area contributed by atoms with Crippen LogP contribution in [0.15, 0.2) is 179 Å². The fourth-order valence-corrected chi connectivity index (χ4v) is 7.08. The monoisotopic (exact) mass is 640 g/mol. The van der Waals surface area contributed by atoms with E-state index >= 15 is 0 Å². The van der Waals surface area contributed by atoms with Crippen molar-refractivity contribution < 1.29 is 8.83 Å². The van der Waals surface area contributed by atoms with Crippen molar-refractivity contribution in [1.29, 1.82) is 0 Å². The fraction of sp³-hybridized carbons (Fsp3) is 0. The molecule has 0 radical (unpaired) electrons. The normalized spacial score (nSPS) is 11.6. The minimum atomic E-state index is 0.699. The highest BCUT2D eigenvalue weighted by atomic mass is 16.3. The molecule has 10 rings (SSSR count). The molecule has 3 heterocycles. The van der Waals surface area contributed by atoms with Crippen LogP contribution in [0.25, 0.3) is 100 Å². The number of nitrogens with zero attached hydrogens (tertiary/aromatic N) is 2. The van der Waals surface area contributed by atoms with Gasteiger partial charge in [0.2, 0.25) is 0 Å². The number of hydrogen-bond acceptors (Lipinski definition) is 4. The van der Waals surface area contributed by atoms with Crippen LogP contribution in [-0.4, -0.2) is 9.97 Å². The van der Waals surface area contributed by atoms with Crippen molar-refractivity contribution in [3.8, 4) is 56.2 Å². The Labute approximate surface area is 287 Å². The standard InChI is InChI=1S/C46H28N2O2/c1-3-12-29(13-4-1)40-28-41(48-46(47-40)30-14-5-2-6-15-30)33-17-9-16-31(26-33)32-24-25-35-37-20-11-22-39(45(37)50-43(35)27-32)38-21-10-19-36-34-18-7-8-23-42(34)49-44(36)38/h1-28H. The van der Waals surface area contributed by atoms with Crippen LogP contribution in [-0.2, 0) is 0 Å². The lowest BCUT2D eigenvalue weighted by Crippen LogP contribution is -1.96. The minimum Gasteiger partial charge on any atom is -0.455 e. The summed E-state index contributed by atoms with van der Waals surface area (Å²) < 4.78 is 13.1. The van der Waals surface area contributed by atoms with Crippen molar-refractivity contribution in [3.05, 3.63) is 170 Å². The van der Waals surface area contributed by atoms with Crippen LogP contribution in [0.1, 0.15) is 0 Å². The van der Waals surface area contributed by atoms with E-state index in [0.29, 0.717) is 5.82 Å². The van der Waals surface area contributed by atoms with Crippen molar-refractivity contribution in [2.45, 2.75) is 0 Å². The molecule has 0 amide bonds. The summed E-state index contributed by atoms with van der Waals surface area (Å²) in [5, 5.41) is 4.37. The number of rotatable bonds is 5. The molecule has 0 N–H and O–H groups in total. The highest BCUT2D eigenvalue weighted by Crippen LogP contribution is 2.42. The van der Waals surface area contributed by atoms with Crippen LogP contribution >= 0.6 is 0 Å². The van der Waals surface area contributed by atoms with Gasteiger partial charge in [0.15, 0.2) is 5.82 Å². The topological polar surface area (TPSA) is 52.1 Å². The van der Waals surface area contributed by atoms with E-state index in [9.17, 15) is 0 Å².